The van der Waals surface area contributed by atoms with E-state index in [-0.39, 0.29) is 0 Å². The van der Waals surface area contributed by atoms with Gasteiger partial charge in [0.2, 0.25) is 0 Å². The van der Waals surface area contributed by atoms with Crippen molar-refractivity contribution in [2.45, 2.75) is 13.8 Å². The van der Waals surface area contributed by atoms with Gasteiger partial charge in [-0.15, -0.1) is 0 Å². The van der Waals surface area contributed by atoms with Crippen molar-refractivity contribution in [1.29, 1.82) is 0 Å². The summed E-state index contributed by atoms with van der Waals surface area (Å²) in [7, 11) is 0. The molecular formula is C9H11. The molecule has 0 aromatic carbocycles. The van der Waals surface area contributed by atoms with Gasteiger partial charge in [0.05, 0.1) is 0 Å². The lowest BCUT2D eigenvalue weighted by Crippen LogP contribution is -1.86. The summed E-state index contributed by atoms with van der Waals surface area (Å²) in [6.45, 7) is 4.63. The number of hydrogen-bond donors (Lipinski definition) is 0. The van der Waals surface area contributed by atoms with Crippen molar-refractivity contribution in [3.8, 4) is 0 Å². The summed E-state index contributed by atoms with van der Waals surface area (Å²) in [5.41, 5.74) is 0.542. The molecule has 1 fully saturated rings. The molecule has 0 nitrogen and oxygen atoms in total. The first-order valence-electron chi connectivity index (χ1n) is 3.49. The largest absolute Gasteiger partial charge is 0.0796 e. The third-order valence-electron chi connectivity index (χ3n) is 2.67. The monoisotopic (exact) mass is 119 g/mol. The summed E-state index contributed by atoms with van der Waals surface area (Å²) in [6.07, 6.45) is 9.63. The van der Waals surface area contributed by atoms with Gasteiger partial charge >= 0.3 is 0 Å². The van der Waals surface area contributed by atoms with Crippen LogP contribution in [0, 0.1) is 23.3 Å². The summed E-state index contributed by atoms with van der Waals surface area (Å²) in [5.74, 6) is 1.61. The molecule has 47 valence electrons. The standard InChI is InChI=1S/C9H11/c1-9(2)7-5-3-4-6-8(7)9/h3,5-8H,1-2H3. The number of fused-ring (bicyclic) bond motifs is 1. The maximum atomic E-state index is 3.13. The third-order valence-corrected chi connectivity index (χ3v) is 2.67. The van der Waals surface area contributed by atoms with Crippen molar-refractivity contribution in [2.24, 2.45) is 17.3 Å². The van der Waals surface area contributed by atoms with Crippen molar-refractivity contribution in [2.75, 3.05) is 0 Å². The molecule has 0 spiro atoms. The summed E-state index contributed by atoms with van der Waals surface area (Å²) in [4.78, 5) is 0. The molecule has 0 amide bonds. The Morgan fingerprint density at radius 2 is 2.11 bits per heavy atom. The lowest BCUT2D eigenvalue weighted by molar-refractivity contribution is 0.587. The minimum atomic E-state index is 0.542. The second kappa shape index (κ2) is 1.31. The van der Waals surface area contributed by atoms with E-state index >= 15 is 0 Å². The smallest absolute Gasteiger partial charge is 0.00987 e. The van der Waals surface area contributed by atoms with Crippen LogP contribution in [0.2, 0.25) is 0 Å². The second-order valence-corrected chi connectivity index (χ2v) is 3.57. The van der Waals surface area contributed by atoms with Crippen molar-refractivity contribution < 1.29 is 0 Å². The van der Waals surface area contributed by atoms with Gasteiger partial charge in [-0.3, -0.25) is 0 Å². The van der Waals surface area contributed by atoms with Crippen LogP contribution in [0.15, 0.2) is 18.2 Å². The molecule has 2 atom stereocenters. The predicted octanol–water partition coefficient (Wildman–Crippen LogP) is 2.19. The molecule has 0 heteroatoms. The third kappa shape index (κ3) is 0.536. The first-order chi connectivity index (χ1) is 4.23. The summed E-state index contributed by atoms with van der Waals surface area (Å²) >= 11 is 0. The highest BCUT2D eigenvalue weighted by Gasteiger charge is 2.54. The molecule has 0 bridgehead atoms. The Morgan fingerprint density at radius 1 is 1.33 bits per heavy atom. The van der Waals surface area contributed by atoms with E-state index in [2.05, 4.69) is 32.1 Å². The van der Waals surface area contributed by atoms with E-state index in [0.29, 0.717) is 5.41 Å². The molecule has 9 heavy (non-hydrogen) atoms. The van der Waals surface area contributed by atoms with Gasteiger partial charge in [-0.25, -0.2) is 0 Å². The second-order valence-electron chi connectivity index (χ2n) is 3.57. The zero-order chi connectivity index (χ0) is 6.48. The highest BCUT2D eigenvalue weighted by Crippen LogP contribution is 2.60. The molecule has 2 unspecified atom stereocenters. The van der Waals surface area contributed by atoms with Crippen LogP contribution in [0.5, 0.6) is 0 Å². The van der Waals surface area contributed by atoms with Crippen LogP contribution in [-0.4, -0.2) is 0 Å². The van der Waals surface area contributed by atoms with Crippen molar-refractivity contribution >= 4 is 0 Å². The minimum absolute atomic E-state index is 0.542. The van der Waals surface area contributed by atoms with Gasteiger partial charge in [0.25, 0.3) is 0 Å². The molecule has 1 saturated carbocycles. The fourth-order valence-corrected chi connectivity index (χ4v) is 1.72. The van der Waals surface area contributed by atoms with E-state index in [4.69, 9.17) is 0 Å². The Balaban J connectivity index is 2.29. The topological polar surface area (TPSA) is 0 Å². The Bertz CT molecular complexity index is 164. The highest BCUT2D eigenvalue weighted by atomic mass is 14.6. The van der Waals surface area contributed by atoms with Gasteiger partial charge in [-0.05, 0) is 23.3 Å². The van der Waals surface area contributed by atoms with Gasteiger partial charge in [-0.2, -0.15) is 0 Å². The molecule has 0 N–H and O–H groups in total. The lowest BCUT2D eigenvalue weighted by atomic mass is 10.1. The molecular weight excluding hydrogens is 108 g/mol. The normalized spacial score (nSPS) is 42.4. The quantitative estimate of drug-likeness (QED) is 0.458. The summed E-state index contributed by atoms with van der Waals surface area (Å²) in [5, 5.41) is 0. The van der Waals surface area contributed by atoms with E-state index < -0.39 is 0 Å². The van der Waals surface area contributed by atoms with Crippen molar-refractivity contribution in [3.63, 3.8) is 0 Å². The van der Waals surface area contributed by atoms with Crippen LogP contribution in [0.4, 0.5) is 0 Å². The number of hydrogen-bond acceptors (Lipinski definition) is 0. The van der Waals surface area contributed by atoms with Crippen molar-refractivity contribution in [3.05, 3.63) is 24.3 Å². The molecule has 0 saturated heterocycles. The van der Waals surface area contributed by atoms with E-state index in [9.17, 15) is 0 Å². The first kappa shape index (κ1) is 5.28. The van der Waals surface area contributed by atoms with Crippen LogP contribution < -0.4 is 0 Å². The molecule has 0 aromatic rings. The average Bonchev–Trinajstić information content (AvgIpc) is 2.39. The lowest BCUT2D eigenvalue weighted by Gasteiger charge is -1.94. The Labute approximate surface area is 56.3 Å². The van der Waals surface area contributed by atoms with Crippen LogP contribution in [0.25, 0.3) is 0 Å². The molecule has 0 aromatic heterocycles. The highest BCUT2D eigenvalue weighted by molar-refractivity contribution is 5.26. The molecule has 0 heterocycles. The predicted molar refractivity (Wildman–Crippen MR) is 37.7 cm³/mol. The van der Waals surface area contributed by atoms with Crippen molar-refractivity contribution in [1.82, 2.24) is 0 Å². The fourth-order valence-electron chi connectivity index (χ4n) is 1.72. The van der Waals surface area contributed by atoms with Gasteiger partial charge < -0.3 is 0 Å². The van der Waals surface area contributed by atoms with Crippen LogP contribution in [-0.2, 0) is 0 Å². The van der Waals surface area contributed by atoms with E-state index in [1.54, 1.807) is 0 Å². The summed E-state index contributed by atoms with van der Waals surface area (Å²) in [6, 6.07) is 0. The van der Waals surface area contributed by atoms with E-state index in [0.717, 1.165) is 11.8 Å². The maximum absolute atomic E-state index is 3.13. The van der Waals surface area contributed by atoms with Gasteiger partial charge in [0, 0.05) is 0 Å². The number of rotatable bonds is 0. The Hall–Kier alpha value is -0.520. The van der Waals surface area contributed by atoms with E-state index in [1.807, 2.05) is 6.08 Å². The van der Waals surface area contributed by atoms with Crippen LogP contribution in [0.1, 0.15) is 13.8 Å². The first-order valence-corrected chi connectivity index (χ1v) is 3.49. The van der Waals surface area contributed by atoms with Gasteiger partial charge in [0.15, 0.2) is 0 Å². The van der Waals surface area contributed by atoms with Crippen LogP contribution >= 0.6 is 0 Å². The van der Waals surface area contributed by atoms with E-state index in [1.165, 1.54) is 0 Å². The molecule has 2 aliphatic rings. The Kier molecular flexibility index (Phi) is 0.769. The zero-order valence-corrected chi connectivity index (χ0v) is 5.89. The summed E-state index contributed by atoms with van der Waals surface area (Å²) < 4.78 is 0. The van der Waals surface area contributed by atoms with Gasteiger partial charge in [0.1, 0.15) is 0 Å². The molecule has 0 aliphatic heterocycles. The molecule has 2 rings (SSSR count). The van der Waals surface area contributed by atoms with Crippen LogP contribution in [0.3, 0.4) is 0 Å². The Morgan fingerprint density at radius 3 is 2.56 bits per heavy atom. The zero-order valence-electron chi connectivity index (χ0n) is 5.89. The average molecular weight is 119 g/mol. The molecule has 2 aliphatic carbocycles. The number of allylic oxidation sites excluding steroid dienone is 4. The fraction of sp³-hybridized carbons (Fsp3) is 0.556. The van der Waals surface area contributed by atoms with Gasteiger partial charge in [-0.1, -0.05) is 32.1 Å². The SMILES string of the molecule is CC1(C)C2C=[C]C=CC21. The maximum Gasteiger partial charge on any atom is -0.00987 e. The molecule has 1 radical (unpaired) electrons. The minimum Gasteiger partial charge on any atom is -0.0796 e.